The normalized spacial score (nSPS) is 16.4. The first kappa shape index (κ1) is 19.4. The van der Waals surface area contributed by atoms with E-state index in [4.69, 9.17) is 16.3 Å². The number of benzene rings is 1. The van der Waals surface area contributed by atoms with E-state index in [1.54, 1.807) is 40.3 Å². The highest BCUT2D eigenvalue weighted by molar-refractivity contribution is 6.33. The topological polar surface area (TPSA) is 102 Å². The number of H-pyrrole nitrogens is 1. The van der Waals surface area contributed by atoms with Crippen molar-refractivity contribution < 1.29 is 9.53 Å². The summed E-state index contributed by atoms with van der Waals surface area (Å²) < 4.78 is 7.29. The van der Waals surface area contributed by atoms with Gasteiger partial charge >= 0.3 is 0 Å². The highest BCUT2D eigenvalue weighted by atomic mass is 35.5. The Morgan fingerprint density at radius 2 is 2.03 bits per heavy atom. The SMILES string of the molecule is O=C(c1cc(-c2ccccc2Cl)n[nH]1)N1CCOCC1c1cn(-c2ccncc2)nn1. The molecule has 1 aliphatic heterocycles. The number of nitrogens with zero attached hydrogens (tertiary/aromatic N) is 6. The number of ether oxygens (including phenoxy) is 1. The van der Waals surface area contributed by atoms with Crippen LogP contribution >= 0.6 is 11.6 Å². The molecule has 0 radical (unpaired) electrons. The van der Waals surface area contributed by atoms with E-state index in [1.165, 1.54) is 0 Å². The Morgan fingerprint density at radius 3 is 2.87 bits per heavy atom. The predicted octanol–water partition coefficient (Wildman–Crippen LogP) is 2.92. The van der Waals surface area contributed by atoms with E-state index >= 15 is 0 Å². The minimum atomic E-state index is -0.357. The maximum Gasteiger partial charge on any atom is 0.272 e. The quantitative estimate of drug-likeness (QED) is 0.528. The lowest BCUT2D eigenvalue weighted by Crippen LogP contribution is -2.43. The van der Waals surface area contributed by atoms with Gasteiger partial charge < -0.3 is 9.64 Å². The fraction of sp³-hybridized carbons (Fsp3) is 0.190. The Hall–Kier alpha value is -3.56. The van der Waals surface area contributed by atoms with Gasteiger partial charge in [-0.25, -0.2) is 4.68 Å². The molecule has 5 rings (SSSR count). The number of hydrogen-bond acceptors (Lipinski definition) is 6. The average Bonchev–Trinajstić information content (AvgIpc) is 3.50. The number of aromatic amines is 1. The fourth-order valence-corrected chi connectivity index (χ4v) is 3.77. The molecule has 1 amide bonds. The van der Waals surface area contributed by atoms with Crippen molar-refractivity contribution in [3.63, 3.8) is 0 Å². The Labute approximate surface area is 182 Å². The van der Waals surface area contributed by atoms with Gasteiger partial charge in [0, 0.05) is 24.5 Å². The predicted molar refractivity (Wildman–Crippen MR) is 113 cm³/mol. The number of aromatic nitrogens is 6. The second kappa shape index (κ2) is 8.29. The zero-order chi connectivity index (χ0) is 21.2. The lowest BCUT2D eigenvalue weighted by Gasteiger charge is -2.34. The summed E-state index contributed by atoms with van der Waals surface area (Å²) in [4.78, 5) is 19.0. The summed E-state index contributed by atoms with van der Waals surface area (Å²) in [7, 11) is 0. The summed E-state index contributed by atoms with van der Waals surface area (Å²) in [6.45, 7) is 1.23. The molecule has 156 valence electrons. The van der Waals surface area contributed by atoms with Crippen LogP contribution in [0.4, 0.5) is 0 Å². The second-order valence-electron chi connectivity index (χ2n) is 7.03. The molecule has 4 aromatic rings. The molecule has 1 aliphatic rings. The molecular weight excluding hydrogens is 418 g/mol. The van der Waals surface area contributed by atoms with Gasteiger partial charge in [0.1, 0.15) is 17.4 Å². The minimum Gasteiger partial charge on any atom is -0.377 e. The van der Waals surface area contributed by atoms with Gasteiger partial charge in [-0.15, -0.1) is 5.10 Å². The van der Waals surface area contributed by atoms with Crippen molar-refractivity contribution in [1.82, 2.24) is 35.1 Å². The number of morpholine rings is 1. The number of carbonyl (C=O) groups excluding carboxylic acids is 1. The third-order valence-electron chi connectivity index (χ3n) is 5.13. The Kier molecular flexibility index (Phi) is 5.19. The first-order valence-electron chi connectivity index (χ1n) is 9.72. The zero-order valence-electron chi connectivity index (χ0n) is 16.3. The molecular formula is C21H18ClN7O2. The van der Waals surface area contributed by atoms with Crippen molar-refractivity contribution in [2.24, 2.45) is 0 Å². The van der Waals surface area contributed by atoms with Gasteiger partial charge in [0.25, 0.3) is 5.91 Å². The largest absolute Gasteiger partial charge is 0.377 e. The van der Waals surface area contributed by atoms with E-state index in [0.29, 0.717) is 41.9 Å². The molecule has 1 unspecified atom stereocenters. The molecule has 0 spiro atoms. The van der Waals surface area contributed by atoms with Crippen LogP contribution < -0.4 is 0 Å². The van der Waals surface area contributed by atoms with Crippen LogP contribution in [0.1, 0.15) is 22.2 Å². The van der Waals surface area contributed by atoms with Gasteiger partial charge in [-0.3, -0.25) is 14.9 Å². The molecule has 10 heteroatoms. The number of carbonyl (C=O) groups is 1. The van der Waals surface area contributed by atoms with Crippen molar-refractivity contribution in [3.05, 3.63) is 77.5 Å². The molecule has 9 nitrogen and oxygen atoms in total. The van der Waals surface area contributed by atoms with Gasteiger partial charge in [0.2, 0.25) is 0 Å². The van der Waals surface area contributed by atoms with E-state index < -0.39 is 0 Å². The number of amides is 1. The van der Waals surface area contributed by atoms with Gasteiger partial charge in [-0.2, -0.15) is 5.10 Å². The molecule has 0 saturated carbocycles. The van der Waals surface area contributed by atoms with Crippen LogP contribution in [0.15, 0.2) is 61.1 Å². The summed E-state index contributed by atoms with van der Waals surface area (Å²) in [5.74, 6) is -0.183. The summed E-state index contributed by atoms with van der Waals surface area (Å²) in [6.07, 6.45) is 5.17. The van der Waals surface area contributed by atoms with Gasteiger partial charge in [-0.1, -0.05) is 35.0 Å². The van der Waals surface area contributed by atoms with Crippen LogP contribution in [-0.4, -0.2) is 60.7 Å². The second-order valence-corrected chi connectivity index (χ2v) is 7.44. The van der Waals surface area contributed by atoms with Gasteiger partial charge in [-0.05, 0) is 24.3 Å². The Morgan fingerprint density at radius 1 is 1.19 bits per heavy atom. The molecule has 1 atom stereocenters. The van der Waals surface area contributed by atoms with Crippen LogP contribution in [0.2, 0.25) is 5.02 Å². The van der Waals surface area contributed by atoms with Crippen molar-refractivity contribution in [2.75, 3.05) is 19.8 Å². The Balaban J connectivity index is 1.41. The van der Waals surface area contributed by atoms with E-state index in [1.807, 2.05) is 30.3 Å². The maximum atomic E-state index is 13.3. The first-order valence-corrected chi connectivity index (χ1v) is 10.1. The van der Waals surface area contributed by atoms with Crippen molar-refractivity contribution in [1.29, 1.82) is 0 Å². The highest BCUT2D eigenvalue weighted by Crippen LogP contribution is 2.28. The monoisotopic (exact) mass is 435 g/mol. The average molecular weight is 436 g/mol. The number of pyridine rings is 1. The molecule has 0 bridgehead atoms. The standard InChI is InChI=1S/C21H18ClN7O2/c22-16-4-2-1-3-15(16)17-11-18(25-24-17)21(30)28-9-10-31-13-20(28)19-12-29(27-26-19)14-5-7-23-8-6-14/h1-8,11-12,20H,9-10,13H2,(H,24,25). The molecule has 1 N–H and O–H groups in total. The lowest BCUT2D eigenvalue weighted by molar-refractivity contribution is -0.00423. The van der Waals surface area contributed by atoms with E-state index in [-0.39, 0.29) is 11.9 Å². The molecule has 1 saturated heterocycles. The number of hydrogen-bond donors (Lipinski definition) is 1. The summed E-state index contributed by atoms with van der Waals surface area (Å²) in [6, 6.07) is 12.4. The van der Waals surface area contributed by atoms with E-state index in [0.717, 1.165) is 11.3 Å². The number of rotatable bonds is 4. The summed E-state index contributed by atoms with van der Waals surface area (Å²) in [5, 5.41) is 16.2. The van der Waals surface area contributed by atoms with E-state index in [2.05, 4.69) is 25.5 Å². The smallest absolute Gasteiger partial charge is 0.272 e. The van der Waals surface area contributed by atoms with Crippen LogP contribution in [0, 0.1) is 0 Å². The zero-order valence-corrected chi connectivity index (χ0v) is 17.1. The van der Waals surface area contributed by atoms with Crippen molar-refractivity contribution in [3.8, 4) is 16.9 Å². The molecule has 31 heavy (non-hydrogen) atoms. The number of halogens is 1. The van der Waals surface area contributed by atoms with Gasteiger partial charge in [0.05, 0.1) is 35.8 Å². The van der Waals surface area contributed by atoms with Crippen LogP contribution in [-0.2, 0) is 4.74 Å². The lowest BCUT2D eigenvalue weighted by atomic mass is 10.1. The summed E-state index contributed by atoms with van der Waals surface area (Å²) >= 11 is 6.27. The minimum absolute atomic E-state index is 0.183. The molecule has 1 fully saturated rings. The van der Waals surface area contributed by atoms with Crippen LogP contribution in [0.3, 0.4) is 0 Å². The van der Waals surface area contributed by atoms with Crippen LogP contribution in [0.5, 0.6) is 0 Å². The first-order chi connectivity index (χ1) is 15.2. The molecule has 4 heterocycles. The van der Waals surface area contributed by atoms with Crippen molar-refractivity contribution in [2.45, 2.75) is 6.04 Å². The Bertz CT molecular complexity index is 1210. The van der Waals surface area contributed by atoms with Crippen molar-refractivity contribution >= 4 is 17.5 Å². The maximum absolute atomic E-state index is 13.3. The molecule has 0 aliphatic carbocycles. The summed E-state index contributed by atoms with van der Waals surface area (Å²) in [5.41, 5.74) is 3.24. The number of nitrogens with one attached hydrogen (secondary N) is 1. The third kappa shape index (κ3) is 3.80. The highest BCUT2D eigenvalue weighted by Gasteiger charge is 2.32. The third-order valence-corrected chi connectivity index (χ3v) is 5.46. The van der Waals surface area contributed by atoms with Gasteiger partial charge in [0.15, 0.2) is 0 Å². The molecule has 1 aromatic carbocycles. The fourth-order valence-electron chi connectivity index (χ4n) is 3.54. The molecule has 3 aromatic heterocycles. The van der Waals surface area contributed by atoms with Crippen LogP contribution in [0.25, 0.3) is 16.9 Å². The van der Waals surface area contributed by atoms with E-state index in [9.17, 15) is 4.79 Å².